The van der Waals surface area contributed by atoms with Crippen LogP contribution in [0.1, 0.15) is 54.3 Å². The van der Waals surface area contributed by atoms with Crippen molar-refractivity contribution in [3.8, 4) is 17.3 Å². The summed E-state index contributed by atoms with van der Waals surface area (Å²) in [5.74, 6) is -2.18. The van der Waals surface area contributed by atoms with Crippen LogP contribution in [0.3, 0.4) is 0 Å². The summed E-state index contributed by atoms with van der Waals surface area (Å²) in [6.07, 6.45) is 4.19. The van der Waals surface area contributed by atoms with Crippen LogP contribution in [0, 0.1) is 17.6 Å². The number of benzene rings is 2. The second kappa shape index (κ2) is 10.9. The first-order valence-corrected chi connectivity index (χ1v) is 13.6. The third kappa shape index (κ3) is 5.41. The summed E-state index contributed by atoms with van der Waals surface area (Å²) in [6.45, 7) is 4.01. The third-order valence-electron chi connectivity index (χ3n) is 7.32. The Morgan fingerprint density at radius 2 is 1.77 bits per heavy atom. The lowest BCUT2D eigenvalue weighted by molar-refractivity contribution is -0.133. The minimum atomic E-state index is -0.918. The molecule has 6 rings (SSSR count). The molecule has 13 heteroatoms. The lowest BCUT2D eigenvalue weighted by Gasteiger charge is -2.16. The fraction of sp³-hybridized carbons (Fsp3) is 0.267. The molecule has 2 aliphatic rings. The molecule has 1 fully saturated rings. The van der Waals surface area contributed by atoms with E-state index < -0.39 is 34.8 Å². The van der Waals surface area contributed by atoms with E-state index in [9.17, 15) is 23.6 Å². The van der Waals surface area contributed by atoms with Crippen molar-refractivity contribution in [1.29, 1.82) is 0 Å². The Kier molecular flexibility index (Phi) is 7.08. The van der Waals surface area contributed by atoms with Gasteiger partial charge in [0.25, 0.3) is 11.5 Å². The number of amides is 2. The van der Waals surface area contributed by atoms with Gasteiger partial charge in [-0.05, 0) is 63.1 Å². The molecule has 3 heterocycles. The second-order valence-electron chi connectivity index (χ2n) is 10.7. The van der Waals surface area contributed by atoms with Crippen molar-refractivity contribution in [2.24, 2.45) is 5.92 Å². The number of carbonyl (C=O) groups is 2. The van der Waals surface area contributed by atoms with Gasteiger partial charge in [-0.3, -0.25) is 19.0 Å². The zero-order valence-electron chi connectivity index (χ0n) is 23.2. The summed E-state index contributed by atoms with van der Waals surface area (Å²) in [7, 11) is 0. The summed E-state index contributed by atoms with van der Waals surface area (Å²) in [5.41, 5.74) is -0.642. The topological polar surface area (TPSA) is 128 Å². The summed E-state index contributed by atoms with van der Waals surface area (Å²) in [5, 5.41) is 2.49. The van der Waals surface area contributed by atoms with Crippen LogP contribution >= 0.6 is 0 Å². The molecule has 43 heavy (non-hydrogen) atoms. The molecule has 220 valence electrons. The molecule has 0 bridgehead atoms. The molecule has 1 aliphatic carbocycles. The number of anilines is 1. The summed E-state index contributed by atoms with van der Waals surface area (Å²) >= 11 is 0. The number of fused-ring (bicyclic) bond motifs is 1. The smallest absolute Gasteiger partial charge is 0.335 e. The summed E-state index contributed by atoms with van der Waals surface area (Å²) in [6, 6.07) is 8.00. The molecule has 2 aromatic carbocycles. The van der Waals surface area contributed by atoms with Crippen LogP contribution in [-0.2, 0) is 17.9 Å². The zero-order valence-corrected chi connectivity index (χ0v) is 23.2. The van der Waals surface area contributed by atoms with Crippen molar-refractivity contribution in [2.75, 3.05) is 5.32 Å². The van der Waals surface area contributed by atoms with Crippen molar-refractivity contribution >= 4 is 17.5 Å². The zero-order chi connectivity index (χ0) is 30.4. The number of hydrogen-bond donors (Lipinski definition) is 1. The number of ether oxygens (including phenoxy) is 1. The molecule has 1 N–H and O–H groups in total. The van der Waals surface area contributed by atoms with Gasteiger partial charge >= 0.3 is 5.69 Å². The van der Waals surface area contributed by atoms with Crippen molar-refractivity contribution < 1.29 is 23.1 Å². The minimum absolute atomic E-state index is 0.0269. The number of halogens is 2. The Bertz CT molecular complexity index is 1880. The number of aromatic nitrogens is 4. The molecule has 0 radical (unpaired) electrons. The van der Waals surface area contributed by atoms with Crippen LogP contribution in [0.5, 0.6) is 11.6 Å². The number of carbonyl (C=O) groups excluding carboxylic acids is 2. The van der Waals surface area contributed by atoms with Gasteiger partial charge in [0.15, 0.2) is 11.6 Å². The first kappa shape index (κ1) is 27.9. The maximum Gasteiger partial charge on any atom is 0.335 e. The quantitative estimate of drug-likeness (QED) is 0.346. The van der Waals surface area contributed by atoms with E-state index >= 15 is 4.39 Å². The van der Waals surface area contributed by atoms with Crippen molar-refractivity contribution in [3.05, 3.63) is 104 Å². The van der Waals surface area contributed by atoms with Gasteiger partial charge in [-0.25, -0.2) is 28.1 Å². The van der Waals surface area contributed by atoms with Crippen LogP contribution in [0.25, 0.3) is 5.69 Å². The Morgan fingerprint density at radius 3 is 2.44 bits per heavy atom. The molecule has 2 aromatic heterocycles. The first-order valence-electron chi connectivity index (χ1n) is 13.6. The molecule has 1 aliphatic heterocycles. The lowest BCUT2D eigenvalue weighted by Crippen LogP contribution is -2.42. The van der Waals surface area contributed by atoms with Gasteiger partial charge in [-0.2, -0.15) is 0 Å². The fourth-order valence-corrected chi connectivity index (χ4v) is 4.87. The average Bonchev–Trinajstić information content (AvgIpc) is 3.73. The maximum absolute atomic E-state index is 15.2. The summed E-state index contributed by atoms with van der Waals surface area (Å²) < 4.78 is 36.4. The van der Waals surface area contributed by atoms with Gasteiger partial charge in [0, 0.05) is 29.9 Å². The van der Waals surface area contributed by atoms with E-state index in [4.69, 9.17) is 4.74 Å². The van der Waals surface area contributed by atoms with Crippen molar-refractivity contribution in [1.82, 2.24) is 24.0 Å². The van der Waals surface area contributed by atoms with Gasteiger partial charge in [0.2, 0.25) is 11.8 Å². The molecule has 4 aromatic rings. The Labute approximate surface area is 243 Å². The standard InChI is InChI=1S/C30H26F2N6O5/c1-16(2)37-13-22(29(41)38(30(37)42)20-8-5-18(31)6-9-20)26(39)35-19-7-10-25(23(32)11-19)43-27-21-12-36(28(40)17-3-4-17)14-24(21)33-15-34-27/h5-11,13,15-17H,3-4,12,14H2,1-2H3,(H,35,39). The van der Waals surface area contributed by atoms with Gasteiger partial charge in [0.05, 0.1) is 30.0 Å². The van der Waals surface area contributed by atoms with Crippen LogP contribution in [0.4, 0.5) is 14.5 Å². The average molecular weight is 589 g/mol. The third-order valence-corrected chi connectivity index (χ3v) is 7.32. The molecule has 1 saturated carbocycles. The highest BCUT2D eigenvalue weighted by atomic mass is 19.1. The number of nitrogens with zero attached hydrogens (tertiary/aromatic N) is 5. The molecule has 2 amide bonds. The van der Waals surface area contributed by atoms with Crippen LogP contribution in [0.2, 0.25) is 0 Å². The second-order valence-corrected chi connectivity index (χ2v) is 10.7. The Morgan fingerprint density at radius 1 is 1.02 bits per heavy atom. The van der Waals surface area contributed by atoms with Gasteiger partial charge in [-0.1, -0.05) is 0 Å². The Balaban J connectivity index is 1.24. The Hall–Kier alpha value is -5.20. The van der Waals surface area contributed by atoms with E-state index in [-0.39, 0.29) is 46.9 Å². The van der Waals surface area contributed by atoms with Crippen molar-refractivity contribution in [3.63, 3.8) is 0 Å². The van der Waals surface area contributed by atoms with Crippen molar-refractivity contribution in [2.45, 2.75) is 45.8 Å². The highest BCUT2D eigenvalue weighted by Gasteiger charge is 2.37. The van der Waals surface area contributed by atoms with E-state index in [0.717, 1.165) is 41.8 Å². The minimum Gasteiger partial charge on any atom is -0.435 e. The molecule has 0 atom stereocenters. The molecule has 0 spiro atoms. The lowest BCUT2D eigenvalue weighted by atomic mass is 10.2. The maximum atomic E-state index is 15.2. The molecular weight excluding hydrogens is 562 g/mol. The van der Waals surface area contributed by atoms with Gasteiger partial charge < -0.3 is 15.0 Å². The molecule has 0 saturated heterocycles. The van der Waals surface area contributed by atoms with E-state index in [2.05, 4.69) is 15.3 Å². The largest absolute Gasteiger partial charge is 0.435 e. The normalized spacial score (nSPS) is 14.1. The first-order chi connectivity index (χ1) is 20.6. The van der Waals surface area contributed by atoms with Crippen LogP contribution in [0.15, 0.2) is 64.6 Å². The van der Waals surface area contributed by atoms with Gasteiger partial charge in [0.1, 0.15) is 17.7 Å². The van der Waals surface area contributed by atoms with Gasteiger partial charge in [-0.15, -0.1) is 0 Å². The predicted octanol–water partition coefficient (Wildman–Crippen LogP) is 3.95. The van der Waals surface area contributed by atoms with E-state index in [1.54, 1.807) is 18.7 Å². The number of nitrogens with one attached hydrogen (secondary N) is 1. The van der Waals surface area contributed by atoms with E-state index in [1.165, 1.54) is 35.2 Å². The molecule has 0 unspecified atom stereocenters. The fourth-order valence-electron chi connectivity index (χ4n) is 4.87. The molecule has 11 nitrogen and oxygen atoms in total. The summed E-state index contributed by atoms with van der Waals surface area (Å²) in [4.78, 5) is 62.1. The van der Waals surface area contributed by atoms with E-state index in [1.807, 2.05) is 0 Å². The van der Waals surface area contributed by atoms with E-state index in [0.29, 0.717) is 17.8 Å². The number of hydrogen-bond acceptors (Lipinski definition) is 7. The highest BCUT2D eigenvalue weighted by Crippen LogP contribution is 2.37. The number of rotatable bonds is 7. The SMILES string of the molecule is CC(C)n1cc(C(=O)Nc2ccc(Oc3ncnc4c3CN(C(=O)C3CC3)C4)c(F)c2)c(=O)n(-c2ccc(F)cc2)c1=O. The van der Waals surface area contributed by atoms with Crippen LogP contribution in [-0.4, -0.2) is 35.8 Å². The van der Waals surface area contributed by atoms with Crippen LogP contribution < -0.4 is 21.3 Å². The monoisotopic (exact) mass is 588 g/mol. The molecular formula is C30H26F2N6O5. The predicted molar refractivity (Wildman–Crippen MR) is 150 cm³/mol. The highest BCUT2D eigenvalue weighted by molar-refractivity contribution is 6.03.